The SMILES string of the molecule is CC/C=C\C/C=C\C/C=C\C/C=C\C/C=C\C/C=C\CCCCCCC(=O)OC(COC(=O)CCCCCCC/C=C\C/C=C\C/C=C\CC)COC(=O)CCCCCCCCCCCCCCC/C=C\C/C=C\CCCCCCC. The molecule has 0 aliphatic rings. The first-order chi connectivity index (χ1) is 40.0. The highest BCUT2D eigenvalue weighted by atomic mass is 16.6. The van der Waals surface area contributed by atoms with E-state index in [1.165, 1.54) is 109 Å². The zero-order valence-corrected chi connectivity index (χ0v) is 52.8. The highest BCUT2D eigenvalue weighted by Crippen LogP contribution is 2.16. The first kappa shape index (κ1) is 76.5. The second kappa shape index (κ2) is 68.1. The van der Waals surface area contributed by atoms with E-state index in [1.807, 2.05) is 0 Å². The van der Waals surface area contributed by atoms with Gasteiger partial charge in [-0.25, -0.2) is 0 Å². The summed E-state index contributed by atoms with van der Waals surface area (Å²) in [7, 11) is 0. The van der Waals surface area contributed by atoms with Crippen molar-refractivity contribution in [3.8, 4) is 0 Å². The van der Waals surface area contributed by atoms with Crippen molar-refractivity contribution in [3.05, 3.63) is 134 Å². The Kier molecular flexibility index (Phi) is 64.3. The molecule has 0 spiro atoms. The number of hydrogen-bond donors (Lipinski definition) is 0. The van der Waals surface area contributed by atoms with Crippen molar-refractivity contribution >= 4 is 17.9 Å². The van der Waals surface area contributed by atoms with E-state index in [0.29, 0.717) is 19.3 Å². The molecule has 0 N–H and O–H groups in total. The molecule has 460 valence electrons. The molecule has 0 saturated carbocycles. The molecule has 0 amide bonds. The van der Waals surface area contributed by atoms with Gasteiger partial charge in [0.05, 0.1) is 0 Å². The number of allylic oxidation sites excluding steroid dienone is 22. The molecule has 0 aliphatic heterocycles. The molecule has 0 heterocycles. The lowest BCUT2D eigenvalue weighted by atomic mass is 10.0. The van der Waals surface area contributed by atoms with Crippen molar-refractivity contribution in [2.24, 2.45) is 0 Å². The standard InChI is InChI=1S/C75H124O6/c1-4-7-10-13-16-19-22-25-28-30-32-34-36-37-39-40-42-44-47-50-53-56-59-62-65-68-74(77)80-71-72(70-79-73(76)67-64-61-58-55-52-49-46-27-24-21-18-15-12-9-6-3)81-75(78)69-66-63-60-57-54-51-48-45-43-41-38-35-33-31-29-26-23-20-17-14-11-8-5-2/h8-9,11-12,17-18,20-22,25-27,29-30,32-33,35,41,43,46,48,51,72H,4-7,10,13-16,19,23-24,28,31,34,36-40,42,44-45,47,49-50,52-71H2,1-3H3/b11-8-,12-9-,20-17-,21-18-,25-22-,29-26-,32-30-,35-33-,43-41-,46-27-,51-48-. The molecule has 1 atom stereocenters. The van der Waals surface area contributed by atoms with E-state index in [0.717, 1.165) is 154 Å². The zero-order valence-electron chi connectivity index (χ0n) is 52.8. The van der Waals surface area contributed by atoms with Crippen LogP contribution in [-0.2, 0) is 28.6 Å². The number of esters is 3. The monoisotopic (exact) mass is 1120 g/mol. The molecule has 0 bridgehead atoms. The lowest BCUT2D eigenvalue weighted by Gasteiger charge is -2.18. The van der Waals surface area contributed by atoms with Gasteiger partial charge in [0.15, 0.2) is 6.10 Å². The van der Waals surface area contributed by atoms with Crippen LogP contribution in [0.1, 0.15) is 303 Å². The van der Waals surface area contributed by atoms with E-state index in [4.69, 9.17) is 14.2 Å². The Labute approximate surface area is 500 Å². The van der Waals surface area contributed by atoms with Gasteiger partial charge in [0, 0.05) is 19.3 Å². The van der Waals surface area contributed by atoms with E-state index in [1.54, 1.807) is 0 Å². The van der Waals surface area contributed by atoms with Crippen molar-refractivity contribution in [1.82, 2.24) is 0 Å². The molecule has 0 aromatic heterocycles. The van der Waals surface area contributed by atoms with Crippen molar-refractivity contribution in [3.63, 3.8) is 0 Å². The minimum atomic E-state index is -0.806. The Balaban J connectivity index is 4.42. The van der Waals surface area contributed by atoms with Crippen LogP contribution in [0.2, 0.25) is 0 Å². The summed E-state index contributed by atoms with van der Waals surface area (Å²) in [5, 5.41) is 0. The van der Waals surface area contributed by atoms with Gasteiger partial charge in [-0.05, 0) is 135 Å². The van der Waals surface area contributed by atoms with Crippen LogP contribution in [0.15, 0.2) is 134 Å². The number of hydrogen-bond acceptors (Lipinski definition) is 6. The quantitative estimate of drug-likeness (QED) is 0.0261. The van der Waals surface area contributed by atoms with E-state index in [-0.39, 0.29) is 31.1 Å². The van der Waals surface area contributed by atoms with Crippen LogP contribution in [0.25, 0.3) is 0 Å². The number of carbonyl (C=O) groups is 3. The van der Waals surface area contributed by atoms with Gasteiger partial charge < -0.3 is 14.2 Å². The summed E-state index contributed by atoms with van der Waals surface area (Å²) in [6.45, 7) is 6.39. The van der Waals surface area contributed by atoms with Crippen molar-refractivity contribution < 1.29 is 28.6 Å². The number of carbonyl (C=O) groups excluding carboxylic acids is 3. The molecule has 81 heavy (non-hydrogen) atoms. The maximum absolute atomic E-state index is 12.9. The van der Waals surface area contributed by atoms with Crippen LogP contribution in [0, 0.1) is 0 Å². The molecular formula is C75H124O6. The fourth-order valence-corrected chi connectivity index (χ4v) is 9.14. The molecule has 0 saturated heterocycles. The smallest absolute Gasteiger partial charge is 0.306 e. The molecule has 0 fully saturated rings. The van der Waals surface area contributed by atoms with Gasteiger partial charge in [-0.3, -0.25) is 14.4 Å². The molecule has 0 aliphatic carbocycles. The molecule has 6 nitrogen and oxygen atoms in total. The molecule has 0 aromatic carbocycles. The molecule has 0 radical (unpaired) electrons. The first-order valence-corrected chi connectivity index (χ1v) is 33.7. The normalized spacial score (nSPS) is 13.0. The average molecular weight is 1120 g/mol. The van der Waals surface area contributed by atoms with E-state index in [2.05, 4.69) is 154 Å². The Morgan fingerprint density at radius 1 is 0.259 bits per heavy atom. The van der Waals surface area contributed by atoms with Crippen LogP contribution in [0.5, 0.6) is 0 Å². The summed E-state index contributed by atoms with van der Waals surface area (Å²) < 4.78 is 16.9. The fourth-order valence-electron chi connectivity index (χ4n) is 9.14. The molecule has 1 unspecified atom stereocenters. The third-order valence-electron chi connectivity index (χ3n) is 14.1. The predicted octanol–water partition coefficient (Wildman–Crippen LogP) is 23.3. The molecule has 0 aromatic rings. The minimum Gasteiger partial charge on any atom is -0.462 e. The van der Waals surface area contributed by atoms with E-state index in [9.17, 15) is 14.4 Å². The molecule has 6 heteroatoms. The average Bonchev–Trinajstić information content (AvgIpc) is 3.47. The second-order valence-electron chi connectivity index (χ2n) is 22.0. The van der Waals surface area contributed by atoms with Crippen molar-refractivity contribution in [2.75, 3.05) is 13.2 Å². The van der Waals surface area contributed by atoms with E-state index < -0.39 is 6.10 Å². The summed E-state index contributed by atoms with van der Waals surface area (Å²) in [5.41, 5.74) is 0. The Hall–Kier alpha value is -4.45. The van der Waals surface area contributed by atoms with Crippen molar-refractivity contribution in [2.45, 2.75) is 309 Å². The van der Waals surface area contributed by atoms with Gasteiger partial charge in [0.2, 0.25) is 0 Å². The third-order valence-corrected chi connectivity index (χ3v) is 14.1. The third kappa shape index (κ3) is 66.2. The maximum atomic E-state index is 12.9. The van der Waals surface area contributed by atoms with Gasteiger partial charge >= 0.3 is 17.9 Å². The summed E-state index contributed by atoms with van der Waals surface area (Å²) >= 11 is 0. The fraction of sp³-hybridized carbons (Fsp3) is 0.667. The van der Waals surface area contributed by atoms with Crippen LogP contribution >= 0.6 is 0 Å². The van der Waals surface area contributed by atoms with Crippen LogP contribution in [-0.4, -0.2) is 37.2 Å². The van der Waals surface area contributed by atoms with Gasteiger partial charge in [0.25, 0.3) is 0 Å². The Morgan fingerprint density at radius 3 is 0.753 bits per heavy atom. The van der Waals surface area contributed by atoms with Gasteiger partial charge in [0.1, 0.15) is 13.2 Å². The largest absolute Gasteiger partial charge is 0.462 e. The van der Waals surface area contributed by atoms with Crippen LogP contribution in [0.3, 0.4) is 0 Å². The lowest BCUT2D eigenvalue weighted by molar-refractivity contribution is -0.167. The number of rotatable bonds is 60. The summed E-state index contributed by atoms with van der Waals surface area (Å²) in [6, 6.07) is 0. The second-order valence-corrected chi connectivity index (χ2v) is 22.0. The highest BCUT2D eigenvalue weighted by molar-refractivity contribution is 5.71. The number of unbranched alkanes of at least 4 members (excludes halogenated alkanes) is 27. The summed E-state index contributed by atoms with van der Waals surface area (Å²) in [4.78, 5) is 38.4. The molecule has 0 rings (SSSR count). The molecular weight excluding hydrogens is 997 g/mol. The predicted molar refractivity (Wildman–Crippen MR) is 353 cm³/mol. The highest BCUT2D eigenvalue weighted by Gasteiger charge is 2.19. The summed E-state index contributed by atoms with van der Waals surface area (Å²) in [6.07, 6.45) is 96.0. The Morgan fingerprint density at radius 2 is 0.481 bits per heavy atom. The van der Waals surface area contributed by atoms with Gasteiger partial charge in [-0.15, -0.1) is 0 Å². The topological polar surface area (TPSA) is 78.9 Å². The van der Waals surface area contributed by atoms with Crippen LogP contribution in [0.4, 0.5) is 0 Å². The number of ether oxygens (including phenoxy) is 3. The van der Waals surface area contributed by atoms with E-state index >= 15 is 0 Å². The van der Waals surface area contributed by atoms with Crippen LogP contribution < -0.4 is 0 Å². The summed E-state index contributed by atoms with van der Waals surface area (Å²) in [5.74, 6) is -0.936. The lowest BCUT2D eigenvalue weighted by Crippen LogP contribution is -2.30. The van der Waals surface area contributed by atoms with Gasteiger partial charge in [-0.2, -0.15) is 0 Å². The minimum absolute atomic E-state index is 0.0976. The Bertz CT molecular complexity index is 1720. The zero-order chi connectivity index (χ0) is 58.5. The van der Waals surface area contributed by atoms with Gasteiger partial charge in [-0.1, -0.05) is 283 Å². The first-order valence-electron chi connectivity index (χ1n) is 33.7. The van der Waals surface area contributed by atoms with Crippen molar-refractivity contribution in [1.29, 1.82) is 0 Å². The maximum Gasteiger partial charge on any atom is 0.306 e.